The fourth-order valence-electron chi connectivity index (χ4n) is 2.81. The summed E-state index contributed by atoms with van der Waals surface area (Å²) in [6.45, 7) is 3.79. The number of nitrogens with one attached hydrogen (secondary N) is 1. The van der Waals surface area contributed by atoms with Gasteiger partial charge in [-0.1, -0.05) is 36.8 Å². The Balaban J connectivity index is 1.77. The summed E-state index contributed by atoms with van der Waals surface area (Å²) in [6, 6.07) is 7.64. The number of hydrazone groups is 1. The van der Waals surface area contributed by atoms with E-state index >= 15 is 0 Å². The maximum atomic E-state index is 12.6. The van der Waals surface area contributed by atoms with Crippen LogP contribution in [0.3, 0.4) is 0 Å². The number of nitrogen functional groups attached to an aromatic ring is 1. The molecule has 1 amide bonds. The predicted molar refractivity (Wildman–Crippen MR) is 105 cm³/mol. The number of carbonyl (C=O) groups excluding carboxylic acids is 1. The summed E-state index contributed by atoms with van der Waals surface area (Å²) in [6.07, 6.45) is 1.82. The molecule has 29 heavy (non-hydrogen) atoms. The van der Waals surface area contributed by atoms with Crippen molar-refractivity contribution in [2.24, 2.45) is 5.10 Å². The number of hydrogen-bond acceptors (Lipinski definition) is 9. The largest absolute Gasteiger partial charge is 0.496 e. The Hall–Kier alpha value is -3.76. The highest BCUT2D eigenvalue weighted by atomic mass is 16.6. The molecule has 2 heterocycles. The second-order valence-electron chi connectivity index (χ2n) is 6.30. The van der Waals surface area contributed by atoms with Crippen LogP contribution in [0.5, 0.6) is 5.75 Å². The van der Waals surface area contributed by atoms with Crippen molar-refractivity contribution in [3.63, 3.8) is 0 Å². The summed E-state index contributed by atoms with van der Waals surface area (Å²) in [4.78, 5) is 12.6. The van der Waals surface area contributed by atoms with Crippen molar-refractivity contribution in [3.8, 4) is 11.6 Å². The SMILES string of the molecule is CCCc1c(C(=O)NN=C(C)Cc2ccccc2OC)nnn1-c1nonc1N. The third-order valence-corrected chi connectivity index (χ3v) is 4.15. The molecule has 0 atom stereocenters. The molecule has 0 spiro atoms. The van der Waals surface area contributed by atoms with E-state index in [1.807, 2.05) is 38.1 Å². The van der Waals surface area contributed by atoms with Crippen molar-refractivity contribution >= 4 is 17.4 Å². The van der Waals surface area contributed by atoms with Crippen molar-refractivity contribution in [1.29, 1.82) is 0 Å². The van der Waals surface area contributed by atoms with Crippen molar-refractivity contribution in [2.75, 3.05) is 12.8 Å². The Bertz CT molecular complexity index is 1020. The van der Waals surface area contributed by atoms with Gasteiger partial charge < -0.3 is 10.5 Å². The lowest BCUT2D eigenvalue weighted by Crippen LogP contribution is -2.22. The standard InChI is InChI=1S/C18H22N8O3/c1-4-7-13-15(21-25-26(13)17-16(19)23-29-24-17)18(27)22-20-11(2)10-12-8-5-6-9-14(12)28-3/h5-6,8-9H,4,7,10H2,1-3H3,(H2,19,23)(H,22,27). The van der Waals surface area contributed by atoms with Crippen LogP contribution in [0.25, 0.3) is 5.82 Å². The number of nitrogens with two attached hydrogens (primary N) is 1. The van der Waals surface area contributed by atoms with Crippen LogP contribution in [-0.2, 0) is 12.8 Å². The molecule has 3 aromatic rings. The second-order valence-corrected chi connectivity index (χ2v) is 6.30. The molecule has 11 heteroatoms. The Morgan fingerprint density at radius 1 is 1.34 bits per heavy atom. The number of benzene rings is 1. The summed E-state index contributed by atoms with van der Waals surface area (Å²) in [7, 11) is 1.61. The highest BCUT2D eigenvalue weighted by Gasteiger charge is 2.23. The van der Waals surface area contributed by atoms with E-state index in [-0.39, 0.29) is 17.3 Å². The summed E-state index contributed by atoms with van der Waals surface area (Å²) in [5, 5.41) is 19.4. The van der Waals surface area contributed by atoms with Gasteiger partial charge in [-0.2, -0.15) is 9.78 Å². The lowest BCUT2D eigenvalue weighted by Gasteiger charge is -2.08. The van der Waals surface area contributed by atoms with Crippen molar-refractivity contribution in [3.05, 3.63) is 41.2 Å². The third kappa shape index (κ3) is 4.39. The Kier molecular flexibility index (Phi) is 6.17. The predicted octanol–water partition coefficient (Wildman–Crippen LogP) is 1.54. The minimum absolute atomic E-state index is 0.0601. The van der Waals surface area contributed by atoms with E-state index in [0.717, 1.165) is 17.7 Å². The van der Waals surface area contributed by atoms with Gasteiger partial charge in [-0.25, -0.2) is 10.1 Å². The lowest BCUT2D eigenvalue weighted by atomic mass is 10.1. The maximum Gasteiger partial charge on any atom is 0.293 e. The van der Waals surface area contributed by atoms with Gasteiger partial charge in [0.25, 0.3) is 5.91 Å². The van der Waals surface area contributed by atoms with E-state index in [1.165, 1.54) is 4.68 Å². The molecule has 0 aliphatic heterocycles. The van der Waals surface area contributed by atoms with Crippen LogP contribution in [0.2, 0.25) is 0 Å². The van der Waals surface area contributed by atoms with E-state index in [4.69, 9.17) is 10.5 Å². The number of ether oxygens (including phenoxy) is 1. The van der Waals surface area contributed by atoms with Gasteiger partial charge in [0.05, 0.1) is 12.8 Å². The topological polar surface area (TPSA) is 146 Å². The molecule has 152 valence electrons. The fraction of sp³-hybridized carbons (Fsp3) is 0.333. The molecule has 0 bridgehead atoms. The summed E-state index contributed by atoms with van der Waals surface area (Å²) in [5.41, 5.74) is 10.6. The average molecular weight is 398 g/mol. The number of anilines is 1. The monoisotopic (exact) mass is 398 g/mol. The molecule has 0 aliphatic rings. The van der Waals surface area contributed by atoms with Crippen LogP contribution in [0.15, 0.2) is 34.0 Å². The highest BCUT2D eigenvalue weighted by Crippen LogP contribution is 2.19. The normalized spacial score (nSPS) is 11.5. The zero-order chi connectivity index (χ0) is 20.8. The van der Waals surface area contributed by atoms with E-state index in [1.54, 1.807) is 7.11 Å². The Morgan fingerprint density at radius 2 is 2.14 bits per heavy atom. The molecule has 0 fully saturated rings. The molecule has 1 aromatic carbocycles. The number of methoxy groups -OCH3 is 1. The number of nitrogens with zero attached hydrogens (tertiary/aromatic N) is 6. The van der Waals surface area contributed by atoms with Gasteiger partial charge in [0.15, 0.2) is 5.69 Å². The van der Waals surface area contributed by atoms with Crippen LogP contribution in [-0.4, -0.2) is 44.0 Å². The van der Waals surface area contributed by atoms with Crippen LogP contribution in [0.1, 0.15) is 42.0 Å². The van der Waals surface area contributed by atoms with E-state index in [2.05, 4.69) is 35.8 Å². The van der Waals surface area contributed by atoms with Crippen LogP contribution in [0.4, 0.5) is 5.82 Å². The van der Waals surface area contributed by atoms with Crippen molar-refractivity contribution in [1.82, 2.24) is 30.7 Å². The molecule has 0 radical (unpaired) electrons. The van der Waals surface area contributed by atoms with Crippen molar-refractivity contribution < 1.29 is 14.2 Å². The number of rotatable bonds is 8. The second kappa shape index (κ2) is 8.95. The van der Waals surface area contributed by atoms with Gasteiger partial charge in [-0.05, 0) is 35.3 Å². The minimum Gasteiger partial charge on any atom is -0.496 e. The van der Waals surface area contributed by atoms with Crippen LogP contribution >= 0.6 is 0 Å². The smallest absolute Gasteiger partial charge is 0.293 e. The molecule has 3 N–H and O–H groups in total. The number of carbonyl (C=O) groups is 1. The van der Waals surface area contributed by atoms with Crippen LogP contribution in [0, 0.1) is 0 Å². The molecule has 0 aliphatic carbocycles. The van der Waals surface area contributed by atoms with E-state index < -0.39 is 5.91 Å². The molecule has 0 unspecified atom stereocenters. The minimum atomic E-state index is -0.478. The number of para-hydroxylation sites is 1. The van der Waals surface area contributed by atoms with Gasteiger partial charge in [0.1, 0.15) is 5.75 Å². The number of hydrogen-bond donors (Lipinski definition) is 2. The fourth-order valence-corrected chi connectivity index (χ4v) is 2.81. The quantitative estimate of drug-likeness (QED) is 0.429. The van der Waals surface area contributed by atoms with E-state index in [9.17, 15) is 4.79 Å². The first-order chi connectivity index (χ1) is 14.0. The average Bonchev–Trinajstić information content (AvgIpc) is 3.32. The Morgan fingerprint density at radius 3 is 2.83 bits per heavy atom. The molecular weight excluding hydrogens is 376 g/mol. The van der Waals surface area contributed by atoms with Gasteiger partial charge in [0, 0.05) is 12.1 Å². The first kappa shape index (κ1) is 20.0. The van der Waals surface area contributed by atoms with Gasteiger partial charge in [0.2, 0.25) is 11.6 Å². The Labute approximate surface area is 166 Å². The zero-order valence-corrected chi connectivity index (χ0v) is 16.4. The molecule has 3 rings (SSSR count). The van der Waals surface area contributed by atoms with E-state index in [0.29, 0.717) is 24.2 Å². The molecule has 11 nitrogen and oxygen atoms in total. The zero-order valence-electron chi connectivity index (χ0n) is 16.4. The van der Waals surface area contributed by atoms with Crippen LogP contribution < -0.4 is 15.9 Å². The maximum absolute atomic E-state index is 12.6. The van der Waals surface area contributed by atoms with Gasteiger partial charge >= 0.3 is 0 Å². The summed E-state index contributed by atoms with van der Waals surface area (Å²) < 4.78 is 11.3. The lowest BCUT2D eigenvalue weighted by molar-refractivity contribution is 0.0948. The number of amides is 1. The third-order valence-electron chi connectivity index (χ3n) is 4.15. The summed E-state index contributed by atoms with van der Waals surface area (Å²) >= 11 is 0. The van der Waals surface area contributed by atoms with Gasteiger partial charge in [-0.3, -0.25) is 4.79 Å². The first-order valence-corrected chi connectivity index (χ1v) is 9.03. The number of aromatic nitrogens is 5. The highest BCUT2D eigenvalue weighted by molar-refractivity contribution is 5.94. The van der Waals surface area contributed by atoms with Crippen molar-refractivity contribution in [2.45, 2.75) is 33.1 Å². The molecule has 0 saturated carbocycles. The first-order valence-electron chi connectivity index (χ1n) is 9.03. The molecular formula is C18H22N8O3. The molecule has 0 saturated heterocycles. The van der Waals surface area contributed by atoms with Gasteiger partial charge in [-0.15, -0.1) is 5.10 Å². The molecule has 2 aromatic heterocycles. The summed E-state index contributed by atoms with van der Waals surface area (Å²) in [5.74, 6) is 0.537.